The number of hydrogen-bond acceptors (Lipinski definition) is 7. The first-order chi connectivity index (χ1) is 20.4. The number of carbonyl (C=O) groups excluding carboxylic acids is 2. The maximum absolute atomic E-state index is 12.7. The molecule has 210 valence electrons. The van der Waals surface area contributed by atoms with E-state index in [1.807, 2.05) is 79.0 Å². The smallest absolute Gasteiger partial charge is 0.271 e. The van der Waals surface area contributed by atoms with Gasteiger partial charge in [0.15, 0.2) is 11.7 Å². The summed E-state index contributed by atoms with van der Waals surface area (Å²) in [5.41, 5.74) is 7.79. The van der Waals surface area contributed by atoms with Gasteiger partial charge in [-0.05, 0) is 61.0 Å². The van der Waals surface area contributed by atoms with E-state index in [4.69, 9.17) is 16.3 Å². The number of para-hydroxylation sites is 2. The van der Waals surface area contributed by atoms with Crippen molar-refractivity contribution >= 4 is 57.5 Å². The molecule has 0 aliphatic rings. The molecule has 1 heterocycles. The van der Waals surface area contributed by atoms with Crippen LogP contribution in [-0.4, -0.2) is 29.6 Å². The molecular formula is C32H26ClN5O3S. The van der Waals surface area contributed by atoms with Crippen molar-refractivity contribution in [1.82, 2.24) is 10.4 Å². The Morgan fingerprint density at radius 3 is 2.52 bits per heavy atom. The van der Waals surface area contributed by atoms with Gasteiger partial charge in [0.25, 0.3) is 11.8 Å². The van der Waals surface area contributed by atoms with Crippen LogP contribution in [0.25, 0.3) is 11.3 Å². The van der Waals surface area contributed by atoms with E-state index in [1.165, 1.54) is 17.6 Å². The highest BCUT2D eigenvalue weighted by molar-refractivity contribution is 7.14. The largest absolute Gasteiger partial charge is 0.483 e. The second kappa shape index (κ2) is 13.6. The number of thiazole rings is 1. The molecule has 10 heteroatoms. The van der Waals surface area contributed by atoms with Crippen LogP contribution in [0.3, 0.4) is 0 Å². The number of hydrogen-bond donors (Lipinski definition) is 3. The highest BCUT2D eigenvalue weighted by Gasteiger charge is 2.10. The summed E-state index contributed by atoms with van der Waals surface area (Å²) in [5, 5.41) is 13.4. The SMILES string of the molecule is Cc1ccccc1NC(=O)COc1ccc(Cl)cc1/C=N/NC(=O)c1ccc(-c2csc(Nc3ccccc3)n2)cc1. The molecule has 0 radical (unpaired) electrons. The lowest BCUT2D eigenvalue weighted by Crippen LogP contribution is -2.21. The van der Waals surface area contributed by atoms with Crippen molar-refractivity contribution in [2.24, 2.45) is 5.10 Å². The van der Waals surface area contributed by atoms with Gasteiger partial charge in [-0.15, -0.1) is 11.3 Å². The van der Waals surface area contributed by atoms with E-state index in [2.05, 4.69) is 26.1 Å². The lowest BCUT2D eigenvalue weighted by atomic mass is 10.1. The number of halogens is 1. The third kappa shape index (κ3) is 7.60. The zero-order valence-corrected chi connectivity index (χ0v) is 24.1. The Labute approximate surface area is 252 Å². The molecule has 0 atom stereocenters. The molecule has 0 bridgehead atoms. The number of amides is 2. The van der Waals surface area contributed by atoms with Gasteiger partial charge in [0.1, 0.15) is 5.75 Å². The molecule has 3 N–H and O–H groups in total. The van der Waals surface area contributed by atoms with Gasteiger partial charge < -0.3 is 15.4 Å². The monoisotopic (exact) mass is 595 g/mol. The first kappa shape index (κ1) is 28.5. The molecular weight excluding hydrogens is 570 g/mol. The third-order valence-corrected chi connectivity index (χ3v) is 7.08. The fraction of sp³-hybridized carbons (Fsp3) is 0.0625. The number of hydrazone groups is 1. The second-order valence-corrected chi connectivity index (χ2v) is 10.4. The molecule has 0 unspecified atom stereocenters. The normalized spacial score (nSPS) is 10.8. The van der Waals surface area contributed by atoms with Crippen LogP contribution >= 0.6 is 22.9 Å². The lowest BCUT2D eigenvalue weighted by Gasteiger charge is -2.11. The Morgan fingerprint density at radius 2 is 1.74 bits per heavy atom. The first-order valence-corrected chi connectivity index (χ1v) is 14.2. The van der Waals surface area contributed by atoms with Crippen LogP contribution in [0.15, 0.2) is 108 Å². The summed E-state index contributed by atoms with van der Waals surface area (Å²) in [4.78, 5) is 29.7. The molecule has 2 amide bonds. The molecule has 0 spiro atoms. The van der Waals surface area contributed by atoms with Crippen molar-refractivity contribution < 1.29 is 14.3 Å². The van der Waals surface area contributed by atoms with Crippen LogP contribution in [0.5, 0.6) is 5.75 Å². The second-order valence-electron chi connectivity index (χ2n) is 9.14. The predicted molar refractivity (Wildman–Crippen MR) is 169 cm³/mol. The number of aromatic nitrogens is 1. The topological polar surface area (TPSA) is 105 Å². The van der Waals surface area contributed by atoms with Crippen LogP contribution in [0.2, 0.25) is 5.02 Å². The third-order valence-electron chi connectivity index (χ3n) is 6.09. The minimum Gasteiger partial charge on any atom is -0.483 e. The van der Waals surface area contributed by atoms with E-state index in [0.717, 1.165) is 33.3 Å². The molecule has 0 saturated carbocycles. The van der Waals surface area contributed by atoms with Crippen molar-refractivity contribution in [3.8, 4) is 17.0 Å². The number of benzene rings is 4. The van der Waals surface area contributed by atoms with Gasteiger partial charge in [-0.2, -0.15) is 5.10 Å². The zero-order valence-electron chi connectivity index (χ0n) is 22.5. The summed E-state index contributed by atoms with van der Waals surface area (Å²) >= 11 is 7.66. The Hall–Kier alpha value is -4.99. The molecule has 5 rings (SSSR count). The quantitative estimate of drug-likeness (QED) is 0.116. The molecule has 1 aromatic heterocycles. The average Bonchev–Trinajstić information content (AvgIpc) is 3.47. The molecule has 0 saturated heterocycles. The molecule has 0 aliphatic heterocycles. The molecule has 8 nitrogen and oxygen atoms in total. The van der Waals surface area contributed by atoms with Gasteiger partial charge in [-0.25, -0.2) is 10.4 Å². The Balaban J connectivity index is 1.17. The summed E-state index contributed by atoms with van der Waals surface area (Å²) in [5.74, 6) is -0.295. The molecule has 42 heavy (non-hydrogen) atoms. The van der Waals surface area contributed by atoms with Crippen LogP contribution < -0.4 is 20.8 Å². The van der Waals surface area contributed by atoms with Crippen LogP contribution in [-0.2, 0) is 4.79 Å². The molecule has 0 fully saturated rings. The highest BCUT2D eigenvalue weighted by Crippen LogP contribution is 2.27. The van der Waals surface area contributed by atoms with Crippen molar-refractivity contribution in [2.45, 2.75) is 6.92 Å². The molecule has 4 aromatic carbocycles. The Kier molecular flexibility index (Phi) is 9.23. The van der Waals surface area contributed by atoms with E-state index < -0.39 is 0 Å². The summed E-state index contributed by atoms with van der Waals surface area (Å²) in [6.45, 7) is 1.70. The van der Waals surface area contributed by atoms with Crippen molar-refractivity contribution in [1.29, 1.82) is 0 Å². The fourth-order valence-electron chi connectivity index (χ4n) is 3.92. The first-order valence-electron chi connectivity index (χ1n) is 12.9. The minimum atomic E-state index is -0.385. The number of carbonyl (C=O) groups is 2. The summed E-state index contributed by atoms with van der Waals surface area (Å²) in [6.07, 6.45) is 1.42. The lowest BCUT2D eigenvalue weighted by molar-refractivity contribution is -0.118. The highest BCUT2D eigenvalue weighted by atomic mass is 35.5. The Morgan fingerprint density at radius 1 is 0.976 bits per heavy atom. The van der Waals surface area contributed by atoms with E-state index in [1.54, 1.807) is 30.3 Å². The van der Waals surface area contributed by atoms with Gasteiger partial charge in [-0.1, -0.05) is 60.1 Å². The minimum absolute atomic E-state index is 0.210. The van der Waals surface area contributed by atoms with Crippen LogP contribution in [0.4, 0.5) is 16.5 Å². The van der Waals surface area contributed by atoms with Gasteiger partial charge in [0.2, 0.25) is 0 Å². The number of ether oxygens (including phenoxy) is 1. The summed E-state index contributed by atoms with van der Waals surface area (Å²) < 4.78 is 5.71. The van der Waals surface area contributed by atoms with E-state index in [0.29, 0.717) is 21.9 Å². The van der Waals surface area contributed by atoms with Crippen molar-refractivity contribution in [2.75, 3.05) is 17.2 Å². The van der Waals surface area contributed by atoms with Crippen LogP contribution in [0, 0.1) is 6.92 Å². The van der Waals surface area contributed by atoms with E-state index in [-0.39, 0.29) is 18.4 Å². The van der Waals surface area contributed by atoms with Gasteiger partial charge in [0, 0.05) is 38.5 Å². The van der Waals surface area contributed by atoms with Gasteiger partial charge in [-0.3, -0.25) is 9.59 Å². The predicted octanol–water partition coefficient (Wildman–Crippen LogP) is 7.30. The van der Waals surface area contributed by atoms with E-state index in [9.17, 15) is 9.59 Å². The van der Waals surface area contributed by atoms with Crippen molar-refractivity contribution in [3.05, 3.63) is 124 Å². The summed E-state index contributed by atoms with van der Waals surface area (Å²) in [6, 6.07) is 29.3. The number of aryl methyl sites for hydroxylation is 1. The molecule has 5 aromatic rings. The van der Waals surface area contributed by atoms with Gasteiger partial charge >= 0.3 is 0 Å². The van der Waals surface area contributed by atoms with Gasteiger partial charge in [0.05, 0.1) is 11.9 Å². The Bertz CT molecular complexity index is 1720. The number of nitrogens with zero attached hydrogens (tertiary/aromatic N) is 2. The van der Waals surface area contributed by atoms with Crippen LogP contribution in [0.1, 0.15) is 21.5 Å². The fourth-order valence-corrected chi connectivity index (χ4v) is 4.84. The zero-order chi connectivity index (χ0) is 29.3. The van der Waals surface area contributed by atoms with E-state index >= 15 is 0 Å². The summed E-state index contributed by atoms with van der Waals surface area (Å²) in [7, 11) is 0. The van der Waals surface area contributed by atoms with Crippen molar-refractivity contribution in [3.63, 3.8) is 0 Å². The maximum atomic E-state index is 12.7. The standard InChI is InChI=1S/C32H26ClN5O3S/c1-21-7-5-6-10-27(21)36-30(39)19-41-29-16-15-25(33)17-24(29)18-34-38-31(40)23-13-11-22(12-14-23)28-20-42-32(37-28)35-26-8-3-2-4-9-26/h2-18,20H,19H2,1H3,(H,35,37)(H,36,39)(H,38,40)/b34-18+. The average molecular weight is 596 g/mol. The number of nitrogens with one attached hydrogen (secondary N) is 3. The maximum Gasteiger partial charge on any atom is 0.271 e. The number of anilines is 3. The number of rotatable bonds is 10. The molecule has 0 aliphatic carbocycles.